The fraction of sp³-hybridized carbons (Fsp3) is 0.429. The topological polar surface area (TPSA) is 63.9 Å². The van der Waals surface area contributed by atoms with Crippen molar-refractivity contribution >= 4 is 17.2 Å². The van der Waals surface area contributed by atoms with Crippen LogP contribution < -0.4 is 0 Å². The summed E-state index contributed by atoms with van der Waals surface area (Å²) in [6.07, 6.45) is 2.57. The normalized spacial score (nSPS) is 13.7. The summed E-state index contributed by atoms with van der Waals surface area (Å²) in [6, 6.07) is 4.42. The molecule has 0 aliphatic heterocycles. The second-order valence-corrected chi connectivity index (χ2v) is 8.35. The predicted octanol–water partition coefficient (Wildman–Crippen LogP) is 3.69. The zero-order valence-corrected chi connectivity index (χ0v) is 17.6. The van der Waals surface area contributed by atoms with E-state index in [2.05, 4.69) is 31.9 Å². The van der Waals surface area contributed by atoms with Gasteiger partial charge in [-0.25, -0.2) is 14.6 Å². The van der Waals surface area contributed by atoms with Gasteiger partial charge in [0.1, 0.15) is 0 Å². The lowest BCUT2D eigenvalue weighted by Gasteiger charge is -2.22. The largest absolute Gasteiger partial charge is 0.335 e. The molecule has 7 heteroatoms. The molecule has 1 aliphatic carbocycles. The number of hydrogen-bond acceptors (Lipinski definition) is 5. The fourth-order valence-corrected chi connectivity index (χ4v) is 4.23. The second-order valence-electron chi connectivity index (χ2n) is 7.57. The first kappa shape index (κ1) is 18.8. The molecule has 4 rings (SSSR count). The van der Waals surface area contributed by atoms with E-state index in [4.69, 9.17) is 0 Å². The molecule has 1 saturated carbocycles. The molecule has 0 N–H and O–H groups in total. The van der Waals surface area contributed by atoms with E-state index in [1.165, 1.54) is 5.56 Å². The van der Waals surface area contributed by atoms with E-state index < -0.39 is 0 Å². The number of aryl methyl sites for hydroxylation is 3. The van der Waals surface area contributed by atoms with E-state index in [0.717, 1.165) is 41.2 Å². The Labute approximate surface area is 169 Å². The molecule has 0 bridgehead atoms. The van der Waals surface area contributed by atoms with Gasteiger partial charge in [-0.3, -0.25) is 4.79 Å². The predicted molar refractivity (Wildman–Crippen MR) is 110 cm³/mol. The molecule has 1 amide bonds. The van der Waals surface area contributed by atoms with Gasteiger partial charge in [-0.05, 0) is 69.0 Å². The SMILES string of the molecule is Cc1cc(C)nc(-n2nc(C)c(CC(=O)N(Cc3ccsc3)C3CC3)c2C)n1. The average Bonchev–Trinajstić information content (AvgIpc) is 3.27. The Kier molecular flexibility index (Phi) is 5.02. The minimum absolute atomic E-state index is 0.167. The highest BCUT2D eigenvalue weighted by Crippen LogP contribution is 2.30. The third-order valence-electron chi connectivity index (χ3n) is 5.17. The molecule has 0 spiro atoms. The Hall–Kier alpha value is -2.54. The molecule has 0 atom stereocenters. The van der Waals surface area contributed by atoms with Gasteiger partial charge in [-0.1, -0.05) is 0 Å². The van der Waals surface area contributed by atoms with E-state index in [1.807, 2.05) is 38.7 Å². The Bertz CT molecular complexity index is 984. The summed E-state index contributed by atoms with van der Waals surface area (Å²) >= 11 is 1.67. The molecule has 3 heterocycles. The molecule has 0 aromatic carbocycles. The van der Waals surface area contributed by atoms with Crippen LogP contribution in [-0.4, -0.2) is 36.6 Å². The van der Waals surface area contributed by atoms with Crippen molar-refractivity contribution in [2.24, 2.45) is 0 Å². The van der Waals surface area contributed by atoms with E-state index in [9.17, 15) is 4.79 Å². The number of hydrogen-bond donors (Lipinski definition) is 0. The molecule has 3 aromatic rings. The summed E-state index contributed by atoms with van der Waals surface area (Å²) in [6.45, 7) is 8.54. The Morgan fingerprint density at radius 3 is 2.54 bits per heavy atom. The average molecular weight is 396 g/mol. The van der Waals surface area contributed by atoms with Gasteiger partial charge in [-0.2, -0.15) is 16.4 Å². The second kappa shape index (κ2) is 7.47. The number of aromatic nitrogens is 4. The summed E-state index contributed by atoms with van der Waals surface area (Å²) in [7, 11) is 0. The Morgan fingerprint density at radius 1 is 1.21 bits per heavy atom. The van der Waals surface area contributed by atoms with E-state index in [1.54, 1.807) is 16.0 Å². The highest BCUT2D eigenvalue weighted by molar-refractivity contribution is 7.07. The molecule has 6 nitrogen and oxygen atoms in total. The van der Waals surface area contributed by atoms with Gasteiger partial charge in [0.05, 0.1) is 12.1 Å². The van der Waals surface area contributed by atoms with E-state index in [-0.39, 0.29) is 5.91 Å². The first-order chi connectivity index (χ1) is 13.4. The standard InChI is InChI=1S/C21H25N5OS/c1-13-9-14(2)23-21(22-13)26-16(4)19(15(3)24-26)10-20(27)25(18-5-6-18)11-17-7-8-28-12-17/h7-9,12,18H,5-6,10-11H2,1-4H3. The molecular formula is C21H25N5OS. The number of thiophene rings is 1. The molecular weight excluding hydrogens is 370 g/mol. The number of carbonyl (C=O) groups excluding carboxylic acids is 1. The van der Waals surface area contributed by atoms with Crippen molar-refractivity contribution in [2.45, 2.75) is 59.5 Å². The molecule has 0 unspecified atom stereocenters. The van der Waals surface area contributed by atoms with Crippen LogP contribution in [0.15, 0.2) is 22.9 Å². The van der Waals surface area contributed by atoms with Crippen LogP contribution in [0.1, 0.15) is 46.7 Å². The maximum Gasteiger partial charge on any atom is 0.251 e. The smallest absolute Gasteiger partial charge is 0.251 e. The first-order valence-corrected chi connectivity index (χ1v) is 10.5. The van der Waals surface area contributed by atoms with Crippen molar-refractivity contribution in [1.29, 1.82) is 0 Å². The van der Waals surface area contributed by atoms with Crippen molar-refractivity contribution in [1.82, 2.24) is 24.6 Å². The van der Waals surface area contributed by atoms with Crippen LogP contribution >= 0.6 is 11.3 Å². The number of nitrogens with zero attached hydrogens (tertiary/aromatic N) is 5. The first-order valence-electron chi connectivity index (χ1n) is 9.60. The van der Waals surface area contributed by atoms with Gasteiger partial charge in [-0.15, -0.1) is 0 Å². The minimum atomic E-state index is 0.167. The van der Waals surface area contributed by atoms with Crippen LogP contribution in [0.4, 0.5) is 0 Å². The summed E-state index contributed by atoms with van der Waals surface area (Å²) in [5, 5.41) is 8.82. The van der Waals surface area contributed by atoms with Crippen LogP contribution in [0.3, 0.4) is 0 Å². The highest BCUT2D eigenvalue weighted by atomic mass is 32.1. The highest BCUT2D eigenvalue weighted by Gasteiger charge is 2.33. The van der Waals surface area contributed by atoms with Crippen molar-refractivity contribution in [3.8, 4) is 5.95 Å². The lowest BCUT2D eigenvalue weighted by Crippen LogP contribution is -2.33. The molecule has 1 aliphatic rings. The summed E-state index contributed by atoms with van der Waals surface area (Å²) in [4.78, 5) is 24.2. The van der Waals surface area contributed by atoms with Crippen LogP contribution in [0, 0.1) is 27.7 Å². The summed E-state index contributed by atoms with van der Waals surface area (Å²) in [5.74, 6) is 0.731. The third kappa shape index (κ3) is 3.85. The molecule has 0 saturated heterocycles. The van der Waals surface area contributed by atoms with Gasteiger partial charge >= 0.3 is 0 Å². The van der Waals surface area contributed by atoms with Gasteiger partial charge in [0.15, 0.2) is 0 Å². The van der Waals surface area contributed by atoms with Crippen molar-refractivity contribution in [3.05, 3.63) is 56.8 Å². The van der Waals surface area contributed by atoms with Crippen molar-refractivity contribution in [3.63, 3.8) is 0 Å². The Balaban J connectivity index is 1.59. The van der Waals surface area contributed by atoms with Crippen molar-refractivity contribution < 1.29 is 4.79 Å². The van der Waals surface area contributed by atoms with E-state index in [0.29, 0.717) is 25.0 Å². The lowest BCUT2D eigenvalue weighted by atomic mass is 10.1. The molecule has 28 heavy (non-hydrogen) atoms. The minimum Gasteiger partial charge on any atom is -0.335 e. The van der Waals surface area contributed by atoms with Crippen LogP contribution in [0.2, 0.25) is 0 Å². The zero-order valence-electron chi connectivity index (χ0n) is 16.8. The molecule has 146 valence electrons. The van der Waals surface area contributed by atoms with Crippen molar-refractivity contribution in [2.75, 3.05) is 0 Å². The monoisotopic (exact) mass is 395 g/mol. The number of carbonyl (C=O) groups is 1. The molecule has 0 radical (unpaired) electrons. The van der Waals surface area contributed by atoms with Crippen LogP contribution in [-0.2, 0) is 17.8 Å². The lowest BCUT2D eigenvalue weighted by molar-refractivity contribution is -0.131. The number of rotatable bonds is 6. The zero-order chi connectivity index (χ0) is 19.8. The van der Waals surface area contributed by atoms with Gasteiger partial charge in [0.25, 0.3) is 5.95 Å². The van der Waals surface area contributed by atoms with Gasteiger partial charge < -0.3 is 4.90 Å². The van der Waals surface area contributed by atoms with Crippen LogP contribution in [0.5, 0.6) is 0 Å². The Morgan fingerprint density at radius 2 is 1.93 bits per heavy atom. The van der Waals surface area contributed by atoms with Gasteiger partial charge in [0, 0.05) is 35.2 Å². The maximum absolute atomic E-state index is 13.1. The number of amides is 1. The quantitative estimate of drug-likeness (QED) is 0.638. The third-order valence-corrected chi connectivity index (χ3v) is 5.90. The fourth-order valence-electron chi connectivity index (χ4n) is 3.57. The maximum atomic E-state index is 13.1. The molecule has 3 aromatic heterocycles. The van der Waals surface area contributed by atoms with Crippen LogP contribution in [0.25, 0.3) is 5.95 Å². The van der Waals surface area contributed by atoms with E-state index >= 15 is 0 Å². The summed E-state index contributed by atoms with van der Waals surface area (Å²) in [5.41, 5.74) is 5.79. The summed E-state index contributed by atoms with van der Waals surface area (Å²) < 4.78 is 1.76. The molecule has 1 fully saturated rings. The van der Waals surface area contributed by atoms with Gasteiger partial charge in [0.2, 0.25) is 5.91 Å².